The van der Waals surface area contributed by atoms with Crippen LogP contribution in [0.5, 0.6) is 0 Å². The van der Waals surface area contributed by atoms with Gasteiger partial charge in [-0.3, -0.25) is 14.7 Å². The maximum atomic E-state index is 13.5. The van der Waals surface area contributed by atoms with Crippen LogP contribution in [0.1, 0.15) is 27.9 Å². The molecule has 1 aliphatic heterocycles. The number of aryl methyl sites for hydroxylation is 2. The third-order valence-corrected chi connectivity index (χ3v) is 7.58. The van der Waals surface area contributed by atoms with E-state index < -0.39 is 0 Å². The molecule has 0 bridgehead atoms. The number of amides is 1. The molecular weight excluding hydrogens is 532 g/mol. The smallest absolute Gasteiger partial charge is 0.272 e. The van der Waals surface area contributed by atoms with Crippen LogP contribution in [0.3, 0.4) is 0 Å². The fraction of sp³-hybridized carbons (Fsp3) is 0.233. The highest BCUT2D eigenvalue weighted by molar-refractivity contribution is 5.93. The molecule has 12 heteroatoms. The lowest BCUT2D eigenvalue weighted by Crippen LogP contribution is -2.50. The number of carbonyl (C=O) groups is 1. The molecule has 6 aromatic rings. The van der Waals surface area contributed by atoms with Gasteiger partial charge in [0.1, 0.15) is 11.2 Å². The second-order valence-corrected chi connectivity index (χ2v) is 10.3. The van der Waals surface area contributed by atoms with Gasteiger partial charge in [-0.25, -0.2) is 9.97 Å². The van der Waals surface area contributed by atoms with Crippen molar-refractivity contribution in [2.75, 3.05) is 26.2 Å². The Hall–Kier alpha value is -5.23. The molecule has 7 rings (SSSR count). The van der Waals surface area contributed by atoms with Gasteiger partial charge in [0.05, 0.1) is 31.3 Å². The number of aromatic nitrogens is 8. The topological polar surface area (TPSA) is 124 Å². The fourth-order valence-corrected chi connectivity index (χ4v) is 5.44. The summed E-state index contributed by atoms with van der Waals surface area (Å²) in [5.74, 6) is 0.958. The lowest BCUT2D eigenvalue weighted by molar-refractivity contribution is 0.0586. The first kappa shape index (κ1) is 25.7. The highest BCUT2D eigenvalue weighted by Gasteiger charge is 2.31. The average Bonchev–Trinajstić information content (AvgIpc) is 3.77. The molecule has 4 aromatic heterocycles. The van der Waals surface area contributed by atoms with E-state index in [2.05, 4.69) is 42.4 Å². The van der Waals surface area contributed by atoms with Gasteiger partial charge in [0.15, 0.2) is 11.4 Å². The van der Waals surface area contributed by atoms with Crippen molar-refractivity contribution in [3.05, 3.63) is 96.5 Å². The van der Waals surface area contributed by atoms with Gasteiger partial charge < -0.3 is 13.9 Å². The van der Waals surface area contributed by atoms with Crippen molar-refractivity contribution in [2.45, 2.75) is 6.04 Å². The van der Waals surface area contributed by atoms with Gasteiger partial charge in [0.25, 0.3) is 5.91 Å². The van der Waals surface area contributed by atoms with Crippen LogP contribution in [0.15, 0.2) is 83.8 Å². The predicted octanol–water partition coefficient (Wildman–Crippen LogP) is 3.36. The molecule has 42 heavy (non-hydrogen) atoms. The molecule has 0 spiro atoms. The quantitative estimate of drug-likeness (QED) is 0.302. The molecule has 5 heterocycles. The number of pyridine rings is 1. The first-order valence-electron chi connectivity index (χ1n) is 13.7. The normalized spacial score (nSPS) is 14.9. The number of nitrogens with zero attached hydrogens (tertiary/aromatic N) is 10. The van der Waals surface area contributed by atoms with Crippen molar-refractivity contribution in [3.63, 3.8) is 0 Å². The van der Waals surface area contributed by atoms with Crippen LogP contribution < -0.4 is 0 Å². The van der Waals surface area contributed by atoms with Crippen molar-refractivity contribution < 1.29 is 9.21 Å². The molecule has 0 aliphatic carbocycles. The predicted molar refractivity (Wildman–Crippen MR) is 154 cm³/mol. The zero-order valence-electron chi connectivity index (χ0n) is 23.2. The second-order valence-electron chi connectivity index (χ2n) is 10.3. The van der Waals surface area contributed by atoms with Crippen LogP contribution in [0, 0.1) is 0 Å². The van der Waals surface area contributed by atoms with Crippen molar-refractivity contribution in [1.82, 2.24) is 49.5 Å². The number of benzene rings is 2. The van der Waals surface area contributed by atoms with Crippen LogP contribution in [-0.2, 0) is 14.1 Å². The first-order chi connectivity index (χ1) is 20.5. The minimum absolute atomic E-state index is 0.125. The zero-order chi connectivity index (χ0) is 28.6. The SMILES string of the molecule is Cn1nnc(C(c2ccccc2)N2CCN(C(=O)c3cc(-c4nc5cc(-c6cncn6C)ccc5o4)ccn3)CC2)n1. The number of hydrogen-bond donors (Lipinski definition) is 0. The number of rotatable bonds is 6. The van der Waals surface area contributed by atoms with Crippen molar-refractivity contribution in [1.29, 1.82) is 0 Å². The van der Waals surface area contributed by atoms with E-state index in [4.69, 9.17) is 9.40 Å². The largest absolute Gasteiger partial charge is 0.436 e. The van der Waals surface area contributed by atoms with Crippen molar-refractivity contribution >= 4 is 17.0 Å². The van der Waals surface area contributed by atoms with Crippen LogP contribution >= 0.6 is 0 Å². The highest BCUT2D eigenvalue weighted by Crippen LogP contribution is 2.30. The van der Waals surface area contributed by atoms with E-state index in [0.717, 1.165) is 22.3 Å². The average molecular weight is 561 g/mol. The maximum absolute atomic E-state index is 13.5. The molecule has 0 saturated carbocycles. The van der Waals surface area contributed by atoms with E-state index in [9.17, 15) is 4.79 Å². The molecule has 210 valence electrons. The van der Waals surface area contributed by atoms with Gasteiger partial charge in [-0.2, -0.15) is 4.80 Å². The van der Waals surface area contributed by atoms with Crippen LogP contribution in [0.25, 0.3) is 33.8 Å². The van der Waals surface area contributed by atoms with Crippen LogP contribution in [0.4, 0.5) is 0 Å². The van der Waals surface area contributed by atoms with E-state index >= 15 is 0 Å². The fourth-order valence-electron chi connectivity index (χ4n) is 5.44. The molecule has 1 aliphatic rings. The van der Waals surface area contributed by atoms with E-state index in [1.54, 1.807) is 31.7 Å². The first-order valence-corrected chi connectivity index (χ1v) is 13.7. The lowest BCUT2D eigenvalue weighted by Gasteiger charge is -2.38. The summed E-state index contributed by atoms with van der Waals surface area (Å²) in [5, 5.41) is 12.8. The molecule has 12 nitrogen and oxygen atoms in total. The Morgan fingerprint density at radius 1 is 0.952 bits per heavy atom. The summed E-state index contributed by atoms with van der Waals surface area (Å²) >= 11 is 0. The van der Waals surface area contributed by atoms with E-state index in [1.165, 1.54) is 4.80 Å². The van der Waals surface area contributed by atoms with Gasteiger partial charge in [-0.1, -0.05) is 30.3 Å². The summed E-state index contributed by atoms with van der Waals surface area (Å²) in [6.07, 6.45) is 5.21. The lowest BCUT2D eigenvalue weighted by atomic mass is 10.0. The number of tetrazole rings is 1. The minimum Gasteiger partial charge on any atom is -0.436 e. The summed E-state index contributed by atoms with van der Waals surface area (Å²) in [5.41, 5.74) is 5.53. The Balaban J connectivity index is 1.08. The van der Waals surface area contributed by atoms with Crippen molar-refractivity contribution in [3.8, 4) is 22.7 Å². The summed E-state index contributed by atoms with van der Waals surface area (Å²) in [4.78, 5) is 32.4. The summed E-state index contributed by atoms with van der Waals surface area (Å²) < 4.78 is 8.01. The molecule has 1 fully saturated rings. The standard InChI is InChI=1S/C30H28N10O2/c1-37-19-31-18-25(37)21-8-9-26-23(16-21)33-29(42-26)22-10-11-32-24(17-22)30(41)40-14-12-39(13-15-40)27(20-6-4-3-5-7-20)28-34-36-38(2)35-28/h3-11,16-19,27H,12-15H2,1-2H3. The van der Waals surface area contributed by atoms with Gasteiger partial charge in [0.2, 0.25) is 5.89 Å². The summed E-state index contributed by atoms with van der Waals surface area (Å²) in [6.45, 7) is 2.42. The zero-order valence-corrected chi connectivity index (χ0v) is 23.2. The molecule has 1 atom stereocenters. The minimum atomic E-state index is -0.142. The third kappa shape index (κ3) is 4.81. The number of imidazole rings is 1. The monoisotopic (exact) mass is 560 g/mol. The molecular formula is C30H28N10O2. The van der Waals surface area contributed by atoms with Gasteiger partial charge >= 0.3 is 0 Å². The number of hydrogen-bond acceptors (Lipinski definition) is 9. The molecule has 1 saturated heterocycles. The Labute approximate surface area is 241 Å². The molecule has 0 radical (unpaired) electrons. The Bertz CT molecular complexity index is 1870. The maximum Gasteiger partial charge on any atom is 0.272 e. The Morgan fingerprint density at radius 2 is 1.79 bits per heavy atom. The Kier molecular flexibility index (Phi) is 6.51. The molecule has 1 unspecified atom stereocenters. The van der Waals surface area contributed by atoms with E-state index in [1.807, 2.05) is 59.1 Å². The van der Waals surface area contributed by atoms with Crippen molar-refractivity contribution in [2.24, 2.45) is 14.1 Å². The van der Waals surface area contributed by atoms with Gasteiger partial charge in [-0.05, 0) is 41.1 Å². The number of fused-ring (bicyclic) bond motifs is 1. The summed E-state index contributed by atoms with van der Waals surface area (Å²) in [7, 11) is 3.71. The van der Waals surface area contributed by atoms with E-state index in [-0.39, 0.29) is 11.9 Å². The van der Waals surface area contributed by atoms with E-state index in [0.29, 0.717) is 54.7 Å². The number of piperazine rings is 1. The number of oxazole rings is 1. The molecule has 0 N–H and O–H groups in total. The second kappa shape index (κ2) is 10.6. The highest BCUT2D eigenvalue weighted by atomic mass is 16.3. The van der Waals surface area contributed by atoms with Crippen LogP contribution in [0.2, 0.25) is 0 Å². The third-order valence-electron chi connectivity index (χ3n) is 7.58. The van der Waals surface area contributed by atoms with Gasteiger partial charge in [-0.15, -0.1) is 10.2 Å². The molecule has 1 amide bonds. The number of carbonyl (C=O) groups excluding carboxylic acids is 1. The Morgan fingerprint density at radius 3 is 2.52 bits per heavy atom. The molecule has 2 aromatic carbocycles. The summed E-state index contributed by atoms with van der Waals surface area (Å²) in [6, 6.07) is 19.4. The van der Waals surface area contributed by atoms with Crippen LogP contribution in [-0.4, -0.2) is 81.6 Å². The van der Waals surface area contributed by atoms with Gasteiger partial charge in [0, 0.05) is 50.6 Å².